The van der Waals surface area contributed by atoms with Crippen molar-refractivity contribution in [3.05, 3.63) is 107 Å². The third kappa shape index (κ3) is 5.30. The van der Waals surface area contributed by atoms with Gasteiger partial charge in [0.15, 0.2) is 6.04 Å². The first-order valence-electron chi connectivity index (χ1n) is 9.82. The molecule has 3 aromatic rings. The average molecular weight is 406 g/mol. The average Bonchev–Trinajstić information content (AvgIpc) is 2.74. The van der Waals surface area contributed by atoms with Crippen molar-refractivity contribution in [2.24, 2.45) is 5.73 Å². The summed E-state index contributed by atoms with van der Waals surface area (Å²) in [7, 11) is 0. The highest BCUT2D eigenvalue weighted by atomic mass is 19.1. The molecule has 3 amide bonds. The van der Waals surface area contributed by atoms with Crippen LogP contribution in [-0.2, 0) is 11.2 Å². The molecule has 0 aromatic heterocycles. The zero-order valence-electron chi connectivity index (χ0n) is 16.7. The number of hydrogen-bond acceptors (Lipinski definition) is 2. The minimum absolute atomic E-state index is 0.353. The van der Waals surface area contributed by atoms with Crippen molar-refractivity contribution < 1.29 is 19.3 Å². The van der Waals surface area contributed by atoms with Gasteiger partial charge in [0.1, 0.15) is 11.9 Å². The largest absolute Gasteiger partial charge is 0.351 e. The van der Waals surface area contributed by atoms with Crippen LogP contribution >= 0.6 is 0 Å². The van der Waals surface area contributed by atoms with E-state index in [1.165, 1.54) is 17.7 Å². The lowest BCUT2D eigenvalue weighted by Crippen LogP contribution is -2.88. The normalized spacial score (nSPS) is 12.7. The predicted octanol–water partition coefficient (Wildman–Crippen LogP) is 2.98. The van der Waals surface area contributed by atoms with Crippen molar-refractivity contribution in [3.8, 4) is 0 Å². The number of halogens is 1. The summed E-state index contributed by atoms with van der Waals surface area (Å²) in [6.07, 6.45) is 0.905. The first kappa shape index (κ1) is 21.2. The number of imide groups is 1. The Balaban J connectivity index is 2.03. The zero-order chi connectivity index (χ0) is 21.5. The van der Waals surface area contributed by atoms with Crippen LogP contribution in [-0.4, -0.2) is 11.9 Å². The zero-order valence-corrected chi connectivity index (χ0v) is 16.7. The van der Waals surface area contributed by atoms with Crippen LogP contribution in [0, 0.1) is 5.82 Å². The van der Waals surface area contributed by atoms with Gasteiger partial charge in [0.2, 0.25) is 0 Å². The second-order valence-electron chi connectivity index (χ2n) is 7.06. The van der Waals surface area contributed by atoms with E-state index >= 15 is 0 Å². The first-order chi connectivity index (χ1) is 14.5. The second kappa shape index (κ2) is 9.80. The fourth-order valence-electron chi connectivity index (χ4n) is 3.48. The van der Waals surface area contributed by atoms with Crippen molar-refractivity contribution in [3.63, 3.8) is 0 Å². The number of carbonyl (C=O) groups excluding carboxylic acids is 2. The van der Waals surface area contributed by atoms with Gasteiger partial charge in [-0.3, -0.25) is 10.1 Å². The molecule has 3 aromatic carbocycles. The van der Waals surface area contributed by atoms with Gasteiger partial charge < -0.3 is 11.1 Å². The Kier molecular flexibility index (Phi) is 6.93. The summed E-state index contributed by atoms with van der Waals surface area (Å²) in [6, 6.07) is 21.4. The monoisotopic (exact) mass is 406 g/mol. The Labute approximate surface area is 175 Å². The van der Waals surface area contributed by atoms with E-state index in [0.717, 1.165) is 12.0 Å². The minimum atomic E-state index is -0.913. The maximum absolute atomic E-state index is 14.0. The molecule has 3 rings (SSSR count). The third-order valence-electron chi connectivity index (χ3n) is 5.03. The maximum Gasteiger partial charge on any atom is 0.319 e. The van der Waals surface area contributed by atoms with Crippen LogP contribution in [0.1, 0.15) is 41.3 Å². The second-order valence-corrected chi connectivity index (χ2v) is 7.06. The van der Waals surface area contributed by atoms with Crippen LogP contribution in [0.2, 0.25) is 0 Å². The predicted molar refractivity (Wildman–Crippen MR) is 113 cm³/mol. The molecule has 0 radical (unpaired) electrons. The van der Waals surface area contributed by atoms with E-state index in [1.54, 1.807) is 6.07 Å². The van der Waals surface area contributed by atoms with E-state index in [-0.39, 0.29) is 11.9 Å². The molecule has 0 aliphatic heterocycles. The molecule has 0 bridgehead atoms. The van der Waals surface area contributed by atoms with Crippen molar-refractivity contribution in [2.75, 3.05) is 0 Å². The molecule has 5 N–H and O–H groups in total. The number of carbonyl (C=O) groups is 2. The molecule has 0 saturated carbocycles. The van der Waals surface area contributed by atoms with Gasteiger partial charge in [0.25, 0.3) is 5.91 Å². The van der Waals surface area contributed by atoms with Gasteiger partial charge in [-0.1, -0.05) is 73.7 Å². The van der Waals surface area contributed by atoms with Crippen molar-refractivity contribution >= 4 is 11.9 Å². The number of nitrogens with one attached hydrogen (secondary N) is 1. The quantitative estimate of drug-likeness (QED) is 0.563. The van der Waals surface area contributed by atoms with E-state index in [2.05, 4.69) is 12.2 Å². The van der Waals surface area contributed by atoms with Gasteiger partial charge in [-0.05, 0) is 24.1 Å². The Bertz CT molecular complexity index is 1010. The van der Waals surface area contributed by atoms with Gasteiger partial charge >= 0.3 is 6.03 Å². The molecule has 0 aliphatic carbocycles. The summed E-state index contributed by atoms with van der Waals surface area (Å²) in [5, 5.41) is 4.00. The molecule has 0 saturated heterocycles. The van der Waals surface area contributed by atoms with Crippen LogP contribution < -0.4 is 16.4 Å². The van der Waals surface area contributed by atoms with Gasteiger partial charge in [0.05, 0.1) is 0 Å². The number of hydrogen-bond donors (Lipinski definition) is 3. The highest BCUT2D eigenvalue weighted by Crippen LogP contribution is 2.22. The number of nitrogens with two attached hydrogens (primary N) is 2. The Morgan fingerprint density at radius 2 is 1.60 bits per heavy atom. The summed E-state index contributed by atoms with van der Waals surface area (Å²) >= 11 is 0. The van der Waals surface area contributed by atoms with E-state index in [0.29, 0.717) is 11.1 Å². The van der Waals surface area contributed by atoms with Crippen LogP contribution in [0.4, 0.5) is 9.18 Å². The standard InChI is InChI=1S/C24H24FN3O2/c1-2-16-11-13-18(14-12-16)21(19-9-6-10-20(25)15-19)27-22(23(29)28-24(26)30)17-7-4-3-5-8-17/h3-15,21-22,27H,2H2,1H3,(H3,26,28,29,30)/p+1/t21-,22-/m0/s1. The molecular formula is C24H25FN3O2+. The van der Waals surface area contributed by atoms with E-state index in [1.807, 2.05) is 66.0 Å². The number of primary amides is 1. The number of urea groups is 1. The van der Waals surface area contributed by atoms with Crippen LogP contribution in [0.5, 0.6) is 0 Å². The topological polar surface area (TPSA) is 88.8 Å². The molecule has 0 spiro atoms. The lowest BCUT2D eigenvalue weighted by Gasteiger charge is -2.23. The summed E-state index contributed by atoms with van der Waals surface area (Å²) in [4.78, 5) is 24.1. The number of quaternary nitrogens is 1. The first-order valence-corrected chi connectivity index (χ1v) is 9.82. The van der Waals surface area contributed by atoms with Crippen molar-refractivity contribution in [1.29, 1.82) is 0 Å². The van der Waals surface area contributed by atoms with Crippen LogP contribution in [0.3, 0.4) is 0 Å². The molecule has 30 heavy (non-hydrogen) atoms. The third-order valence-corrected chi connectivity index (χ3v) is 5.03. The molecular weight excluding hydrogens is 381 g/mol. The minimum Gasteiger partial charge on any atom is -0.351 e. The van der Waals surface area contributed by atoms with E-state index in [9.17, 15) is 14.0 Å². The Morgan fingerprint density at radius 1 is 0.933 bits per heavy atom. The molecule has 5 nitrogen and oxygen atoms in total. The van der Waals surface area contributed by atoms with Crippen molar-refractivity contribution in [1.82, 2.24) is 5.32 Å². The smallest absolute Gasteiger partial charge is 0.319 e. The summed E-state index contributed by atoms with van der Waals surface area (Å²) in [6.45, 7) is 2.07. The van der Waals surface area contributed by atoms with Gasteiger partial charge in [-0.15, -0.1) is 0 Å². The van der Waals surface area contributed by atoms with Gasteiger partial charge in [-0.2, -0.15) is 0 Å². The molecule has 0 aliphatic rings. The molecule has 0 unspecified atom stereocenters. The summed E-state index contributed by atoms with van der Waals surface area (Å²) in [5.41, 5.74) is 8.71. The van der Waals surface area contributed by atoms with Crippen molar-refractivity contribution in [2.45, 2.75) is 25.4 Å². The SMILES string of the molecule is CCc1ccc([C@H]([NH2+][C@H](C(=O)NC(N)=O)c2ccccc2)c2cccc(F)c2)cc1. The van der Waals surface area contributed by atoms with Gasteiger partial charge in [-0.25, -0.2) is 9.18 Å². The molecule has 0 fully saturated rings. The fourth-order valence-corrected chi connectivity index (χ4v) is 3.48. The highest BCUT2D eigenvalue weighted by Gasteiger charge is 2.30. The number of amides is 3. The highest BCUT2D eigenvalue weighted by molar-refractivity contribution is 5.96. The van der Waals surface area contributed by atoms with E-state index in [4.69, 9.17) is 5.73 Å². The molecule has 2 atom stereocenters. The number of benzene rings is 3. The van der Waals surface area contributed by atoms with E-state index < -0.39 is 18.0 Å². The fraction of sp³-hybridized carbons (Fsp3) is 0.167. The lowest BCUT2D eigenvalue weighted by molar-refractivity contribution is -0.713. The Morgan fingerprint density at radius 3 is 2.20 bits per heavy atom. The van der Waals surface area contributed by atoms with Gasteiger partial charge in [0, 0.05) is 16.7 Å². The molecule has 0 heterocycles. The number of aryl methyl sites for hydroxylation is 1. The molecule has 6 heteroatoms. The lowest BCUT2D eigenvalue weighted by atomic mass is 9.95. The maximum atomic E-state index is 14.0. The number of rotatable bonds is 7. The summed E-state index contributed by atoms with van der Waals surface area (Å²) < 4.78 is 14.0. The summed E-state index contributed by atoms with van der Waals surface area (Å²) in [5.74, 6) is -0.880. The van der Waals surface area contributed by atoms with Crippen LogP contribution in [0.15, 0.2) is 78.9 Å². The Hall–Kier alpha value is -3.51. The molecule has 154 valence electrons. The van der Waals surface area contributed by atoms with Crippen LogP contribution in [0.25, 0.3) is 0 Å².